The van der Waals surface area contributed by atoms with E-state index in [2.05, 4.69) is 19.2 Å². The van der Waals surface area contributed by atoms with Crippen molar-refractivity contribution in [3.8, 4) is 5.75 Å². The highest BCUT2D eigenvalue weighted by Crippen LogP contribution is 2.13. The number of carboxylic acids is 1. The Balaban J connectivity index is 2.29. The Morgan fingerprint density at radius 1 is 1.18 bits per heavy atom. The number of hydrogen-bond donors (Lipinski definition) is 2. The summed E-state index contributed by atoms with van der Waals surface area (Å²) in [7, 11) is 0. The number of aliphatic carboxylic acids is 1. The van der Waals surface area contributed by atoms with Gasteiger partial charge in [0.25, 0.3) is 5.91 Å². The lowest BCUT2D eigenvalue weighted by atomic mass is 10.1. The highest BCUT2D eigenvalue weighted by atomic mass is 16.5. The lowest BCUT2D eigenvalue weighted by molar-refractivity contribution is -0.137. The van der Waals surface area contributed by atoms with Crippen molar-refractivity contribution >= 4 is 11.9 Å². The quantitative estimate of drug-likeness (QED) is 0.651. The molecule has 0 spiro atoms. The van der Waals surface area contributed by atoms with Crippen LogP contribution in [0.1, 0.15) is 49.9 Å². The summed E-state index contributed by atoms with van der Waals surface area (Å²) in [5.41, 5.74) is 0.578. The maximum absolute atomic E-state index is 11.9. The first kappa shape index (κ1) is 18.0. The van der Waals surface area contributed by atoms with Crippen molar-refractivity contribution < 1.29 is 19.4 Å². The van der Waals surface area contributed by atoms with Gasteiger partial charge in [0.15, 0.2) is 0 Å². The monoisotopic (exact) mass is 307 g/mol. The van der Waals surface area contributed by atoms with Crippen LogP contribution in [0.4, 0.5) is 0 Å². The molecule has 0 saturated carbocycles. The van der Waals surface area contributed by atoms with Gasteiger partial charge in [0.2, 0.25) is 0 Å². The fourth-order valence-electron chi connectivity index (χ4n) is 1.82. The molecule has 1 rings (SSSR count). The summed E-state index contributed by atoms with van der Waals surface area (Å²) in [4.78, 5) is 22.3. The van der Waals surface area contributed by atoms with Crippen LogP contribution in [-0.2, 0) is 4.79 Å². The molecule has 1 aromatic rings. The molecule has 0 radical (unpaired) electrons. The van der Waals surface area contributed by atoms with Crippen molar-refractivity contribution in [1.82, 2.24) is 5.32 Å². The fourth-order valence-corrected chi connectivity index (χ4v) is 1.82. The van der Waals surface area contributed by atoms with Crippen molar-refractivity contribution in [1.29, 1.82) is 0 Å². The number of carboxylic acid groups (broad SMARTS) is 1. The maximum Gasteiger partial charge on any atom is 0.303 e. The summed E-state index contributed by atoms with van der Waals surface area (Å²) >= 11 is 0. The largest absolute Gasteiger partial charge is 0.494 e. The Labute approximate surface area is 131 Å². The first-order chi connectivity index (χ1) is 10.5. The molecule has 5 nitrogen and oxygen atoms in total. The minimum absolute atomic E-state index is 0.137. The minimum Gasteiger partial charge on any atom is -0.494 e. The molecule has 0 saturated heterocycles. The molecule has 0 aromatic heterocycles. The molecule has 0 unspecified atom stereocenters. The maximum atomic E-state index is 11.9. The van der Waals surface area contributed by atoms with E-state index >= 15 is 0 Å². The third kappa shape index (κ3) is 7.67. The van der Waals surface area contributed by atoms with Crippen molar-refractivity contribution in [3.05, 3.63) is 29.8 Å². The van der Waals surface area contributed by atoms with Gasteiger partial charge < -0.3 is 15.2 Å². The summed E-state index contributed by atoms with van der Waals surface area (Å²) < 4.78 is 5.60. The average Bonchev–Trinajstić information content (AvgIpc) is 2.46. The number of nitrogens with one attached hydrogen (secondary N) is 1. The molecule has 0 aliphatic rings. The van der Waals surface area contributed by atoms with E-state index in [0.29, 0.717) is 37.5 Å². The van der Waals surface area contributed by atoms with Crippen molar-refractivity contribution in [2.45, 2.75) is 39.5 Å². The Bertz CT molecular complexity index is 468. The van der Waals surface area contributed by atoms with Gasteiger partial charge in [-0.2, -0.15) is 0 Å². The number of benzene rings is 1. The Hall–Kier alpha value is -2.04. The Morgan fingerprint density at radius 3 is 2.45 bits per heavy atom. The van der Waals surface area contributed by atoms with E-state index < -0.39 is 5.97 Å². The average molecular weight is 307 g/mol. The molecule has 0 atom stereocenters. The molecule has 0 aliphatic carbocycles. The molecular weight excluding hydrogens is 282 g/mol. The van der Waals surface area contributed by atoms with Crippen LogP contribution in [0.2, 0.25) is 0 Å². The van der Waals surface area contributed by atoms with Gasteiger partial charge in [-0.1, -0.05) is 13.8 Å². The lowest BCUT2D eigenvalue weighted by Gasteiger charge is -2.09. The van der Waals surface area contributed by atoms with Gasteiger partial charge in [0, 0.05) is 18.5 Å². The molecular formula is C17H25NO4. The normalized spacial score (nSPS) is 10.5. The van der Waals surface area contributed by atoms with Crippen LogP contribution in [0.5, 0.6) is 5.75 Å². The molecule has 5 heteroatoms. The van der Waals surface area contributed by atoms with Crippen LogP contribution < -0.4 is 10.1 Å². The van der Waals surface area contributed by atoms with Crippen molar-refractivity contribution in [2.75, 3.05) is 13.2 Å². The van der Waals surface area contributed by atoms with Crippen molar-refractivity contribution in [3.63, 3.8) is 0 Å². The zero-order valence-corrected chi connectivity index (χ0v) is 13.3. The number of carbonyl (C=O) groups is 2. The van der Waals surface area contributed by atoms with E-state index in [1.165, 1.54) is 0 Å². The first-order valence-corrected chi connectivity index (χ1v) is 7.72. The molecule has 122 valence electrons. The van der Waals surface area contributed by atoms with Crippen LogP contribution in [0.15, 0.2) is 24.3 Å². The Kier molecular flexibility index (Phi) is 8.04. The topological polar surface area (TPSA) is 75.6 Å². The molecule has 1 amide bonds. The molecule has 0 bridgehead atoms. The SMILES string of the molecule is CC(C)CCOc1ccc(C(=O)NCCCCC(=O)O)cc1. The third-order valence-corrected chi connectivity index (χ3v) is 3.18. The van der Waals surface area contributed by atoms with Crippen LogP contribution in [0.3, 0.4) is 0 Å². The highest BCUT2D eigenvalue weighted by molar-refractivity contribution is 5.94. The van der Waals surface area contributed by atoms with Gasteiger partial charge in [-0.05, 0) is 49.4 Å². The summed E-state index contributed by atoms with van der Waals surface area (Å²) in [5.74, 6) is 0.410. The zero-order valence-electron chi connectivity index (χ0n) is 13.3. The van der Waals surface area contributed by atoms with E-state index in [9.17, 15) is 9.59 Å². The van der Waals surface area contributed by atoms with Gasteiger partial charge in [0.1, 0.15) is 5.75 Å². The van der Waals surface area contributed by atoms with Crippen LogP contribution in [0.25, 0.3) is 0 Å². The third-order valence-electron chi connectivity index (χ3n) is 3.18. The predicted octanol–water partition coefficient (Wildman–Crippen LogP) is 3.10. The summed E-state index contributed by atoms with van der Waals surface area (Å²) in [6.45, 7) is 5.45. The zero-order chi connectivity index (χ0) is 16.4. The summed E-state index contributed by atoms with van der Waals surface area (Å²) in [5, 5.41) is 11.3. The van der Waals surface area contributed by atoms with Gasteiger partial charge in [-0.15, -0.1) is 0 Å². The highest BCUT2D eigenvalue weighted by Gasteiger charge is 2.05. The second-order valence-corrected chi connectivity index (χ2v) is 5.66. The second-order valence-electron chi connectivity index (χ2n) is 5.66. The molecule has 2 N–H and O–H groups in total. The van der Waals surface area contributed by atoms with E-state index in [0.717, 1.165) is 12.2 Å². The summed E-state index contributed by atoms with van der Waals surface area (Å²) in [6.07, 6.45) is 2.36. The Morgan fingerprint density at radius 2 is 1.86 bits per heavy atom. The molecule has 22 heavy (non-hydrogen) atoms. The smallest absolute Gasteiger partial charge is 0.303 e. The molecule has 0 fully saturated rings. The van der Waals surface area contributed by atoms with E-state index in [1.807, 2.05) is 0 Å². The van der Waals surface area contributed by atoms with Gasteiger partial charge in [-0.3, -0.25) is 9.59 Å². The number of hydrogen-bond acceptors (Lipinski definition) is 3. The first-order valence-electron chi connectivity index (χ1n) is 7.72. The van der Waals surface area contributed by atoms with Gasteiger partial charge in [0.05, 0.1) is 6.61 Å². The molecule has 1 aromatic carbocycles. The van der Waals surface area contributed by atoms with E-state index in [1.54, 1.807) is 24.3 Å². The van der Waals surface area contributed by atoms with Gasteiger partial charge in [-0.25, -0.2) is 0 Å². The predicted molar refractivity (Wildman–Crippen MR) is 85.2 cm³/mol. The number of rotatable bonds is 10. The number of ether oxygens (including phenoxy) is 1. The number of unbranched alkanes of at least 4 members (excludes halogenated alkanes) is 1. The van der Waals surface area contributed by atoms with Crippen molar-refractivity contribution in [2.24, 2.45) is 5.92 Å². The molecule has 0 heterocycles. The summed E-state index contributed by atoms with van der Waals surface area (Å²) in [6, 6.07) is 7.05. The molecule has 0 aliphatic heterocycles. The number of carbonyl (C=O) groups excluding carboxylic acids is 1. The lowest BCUT2D eigenvalue weighted by Crippen LogP contribution is -2.24. The number of amides is 1. The minimum atomic E-state index is -0.806. The van der Waals surface area contributed by atoms with Crippen LogP contribution >= 0.6 is 0 Å². The second kappa shape index (κ2) is 9.82. The van der Waals surface area contributed by atoms with Crippen LogP contribution in [-0.4, -0.2) is 30.1 Å². The van der Waals surface area contributed by atoms with Gasteiger partial charge >= 0.3 is 5.97 Å². The van der Waals surface area contributed by atoms with E-state index in [-0.39, 0.29) is 12.3 Å². The standard InChI is InChI=1S/C17H25NO4/c1-13(2)10-12-22-15-8-6-14(7-9-15)17(21)18-11-4-3-5-16(19)20/h6-9,13H,3-5,10-12H2,1-2H3,(H,18,21)(H,19,20). The van der Waals surface area contributed by atoms with E-state index in [4.69, 9.17) is 9.84 Å². The van der Waals surface area contributed by atoms with Crippen LogP contribution in [0, 0.1) is 5.92 Å². The fraction of sp³-hybridized carbons (Fsp3) is 0.529.